The van der Waals surface area contributed by atoms with Crippen molar-refractivity contribution in [1.29, 1.82) is 0 Å². The Labute approximate surface area is 155 Å². The van der Waals surface area contributed by atoms with Crippen molar-refractivity contribution in [3.05, 3.63) is 58.8 Å². The Balaban J connectivity index is 1.47. The van der Waals surface area contributed by atoms with Crippen LogP contribution in [0.4, 0.5) is 0 Å². The van der Waals surface area contributed by atoms with Gasteiger partial charge in [0.1, 0.15) is 12.4 Å². The second-order valence-electron chi connectivity index (χ2n) is 5.30. The fourth-order valence-corrected chi connectivity index (χ4v) is 2.89. The quantitative estimate of drug-likeness (QED) is 0.616. The van der Waals surface area contributed by atoms with E-state index in [1.807, 2.05) is 48.7 Å². The van der Waals surface area contributed by atoms with Gasteiger partial charge in [0.05, 0.1) is 23.7 Å². The van der Waals surface area contributed by atoms with Crippen LogP contribution in [0.5, 0.6) is 11.6 Å². The maximum absolute atomic E-state index is 11.8. The zero-order chi connectivity index (χ0) is 18.2. The lowest BCUT2D eigenvalue weighted by Crippen LogP contribution is -2.27. The van der Waals surface area contributed by atoms with E-state index in [1.165, 1.54) is 11.3 Å². The van der Waals surface area contributed by atoms with Crippen molar-refractivity contribution < 1.29 is 14.3 Å². The van der Waals surface area contributed by atoms with E-state index < -0.39 is 0 Å². The van der Waals surface area contributed by atoms with Crippen LogP contribution in [-0.4, -0.2) is 35.9 Å². The summed E-state index contributed by atoms with van der Waals surface area (Å²) in [5, 5.41) is 12.9. The number of aromatic nitrogens is 2. The highest BCUT2D eigenvalue weighted by molar-refractivity contribution is 7.12. The number of nitrogens with one attached hydrogen (secondary N) is 1. The molecule has 2 aromatic heterocycles. The van der Waals surface area contributed by atoms with Crippen LogP contribution in [0.15, 0.2) is 53.9 Å². The highest BCUT2D eigenvalue weighted by Gasteiger charge is 2.06. The van der Waals surface area contributed by atoms with Gasteiger partial charge < -0.3 is 14.8 Å². The van der Waals surface area contributed by atoms with E-state index >= 15 is 0 Å². The van der Waals surface area contributed by atoms with Gasteiger partial charge in [0.25, 0.3) is 5.91 Å². The first kappa shape index (κ1) is 17.9. The summed E-state index contributed by atoms with van der Waals surface area (Å²) in [5.74, 6) is 1.15. The molecule has 0 radical (unpaired) electrons. The Kier molecular flexibility index (Phi) is 6.16. The van der Waals surface area contributed by atoms with Crippen molar-refractivity contribution in [2.45, 2.75) is 6.92 Å². The average molecular weight is 369 g/mol. The Bertz CT molecular complexity index is 818. The minimum Gasteiger partial charge on any atom is -0.494 e. The van der Waals surface area contributed by atoms with E-state index in [2.05, 4.69) is 15.5 Å². The molecule has 0 aliphatic heterocycles. The number of benzene rings is 1. The van der Waals surface area contributed by atoms with Crippen LogP contribution in [0.2, 0.25) is 0 Å². The van der Waals surface area contributed by atoms with Gasteiger partial charge in [0.2, 0.25) is 5.88 Å². The normalized spacial score (nSPS) is 10.3. The molecule has 0 aliphatic carbocycles. The number of thiophene rings is 1. The summed E-state index contributed by atoms with van der Waals surface area (Å²) in [7, 11) is 0. The number of carbonyl (C=O) groups is 1. The van der Waals surface area contributed by atoms with Gasteiger partial charge in [-0.1, -0.05) is 6.07 Å². The molecule has 0 saturated heterocycles. The molecule has 6 nitrogen and oxygen atoms in total. The minimum absolute atomic E-state index is 0.0967. The van der Waals surface area contributed by atoms with Gasteiger partial charge in [-0.3, -0.25) is 4.79 Å². The summed E-state index contributed by atoms with van der Waals surface area (Å²) in [5.41, 5.74) is 1.71. The van der Waals surface area contributed by atoms with Gasteiger partial charge in [-0.05, 0) is 48.7 Å². The number of ether oxygens (including phenoxy) is 2. The number of carbonyl (C=O) groups excluding carboxylic acids is 1. The summed E-state index contributed by atoms with van der Waals surface area (Å²) < 4.78 is 10.9. The Morgan fingerprint density at radius 2 is 1.92 bits per heavy atom. The highest BCUT2D eigenvalue weighted by atomic mass is 32.1. The lowest BCUT2D eigenvalue weighted by Gasteiger charge is -2.07. The van der Waals surface area contributed by atoms with Crippen molar-refractivity contribution in [2.75, 3.05) is 19.8 Å². The first-order valence-electron chi connectivity index (χ1n) is 8.27. The third-order valence-electron chi connectivity index (χ3n) is 3.48. The van der Waals surface area contributed by atoms with Crippen LogP contribution in [0.25, 0.3) is 11.3 Å². The van der Waals surface area contributed by atoms with Crippen LogP contribution in [-0.2, 0) is 0 Å². The predicted molar refractivity (Wildman–Crippen MR) is 101 cm³/mol. The third kappa shape index (κ3) is 4.80. The molecule has 0 bridgehead atoms. The Morgan fingerprint density at radius 3 is 2.58 bits per heavy atom. The summed E-state index contributed by atoms with van der Waals surface area (Å²) >= 11 is 1.41. The molecule has 7 heteroatoms. The molecule has 1 amide bonds. The molecule has 0 unspecified atom stereocenters. The van der Waals surface area contributed by atoms with E-state index in [0.717, 1.165) is 17.0 Å². The van der Waals surface area contributed by atoms with Gasteiger partial charge in [0.15, 0.2) is 0 Å². The first-order chi connectivity index (χ1) is 12.8. The lowest BCUT2D eigenvalue weighted by atomic mass is 10.1. The van der Waals surface area contributed by atoms with Gasteiger partial charge in [-0.25, -0.2) is 0 Å². The second-order valence-corrected chi connectivity index (χ2v) is 6.24. The van der Waals surface area contributed by atoms with Gasteiger partial charge in [-0.15, -0.1) is 21.5 Å². The molecule has 1 aromatic carbocycles. The molecule has 2 heterocycles. The summed E-state index contributed by atoms with van der Waals surface area (Å²) in [6, 6.07) is 14.9. The maximum Gasteiger partial charge on any atom is 0.261 e. The van der Waals surface area contributed by atoms with Crippen molar-refractivity contribution in [3.8, 4) is 22.9 Å². The number of amides is 1. The number of hydrogen-bond acceptors (Lipinski definition) is 6. The Hall–Kier alpha value is -2.93. The Morgan fingerprint density at radius 1 is 1.08 bits per heavy atom. The predicted octanol–water partition coefficient (Wildman–Crippen LogP) is 3.41. The van der Waals surface area contributed by atoms with E-state index in [1.54, 1.807) is 12.1 Å². The number of hydrogen-bond donors (Lipinski definition) is 1. The largest absolute Gasteiger partial charge is 0.494 e. The zero-order valence-corrected chi connectivity index (χ0v) is 15.2. The standard InChI is InChI=1S/C19H19N3O3S/c1-2-24-15-7-5-14(6-8-15)16-9-10-18(22-21-16)25-12-11-20-19(23)17-4-3-13-26-17/h3-10,13H,2,11-12H2,1H3,(H,20,23). The molecular formula is C19H19N3O3S. The van der Waals surface area contributed by atoms with Crippen LogP contribution < -0.4 is 14.8 Å². The van der Waals surface area contributed by atoms with Gasteiger partial charge in [-0.2, -0.15) is 0 Å². The van der Waals surface area contributed by atoms with Gasteiger partial charge in [0, 0.05) is 11.6 Å². The van der Waals surface area contributed by atoms with Crippen molar-refractivity contribution >= 4 is 17.2 Å². The third-order valence-corrected chi connectivity index (χ3v) is 4.35. The van der Waals surface area contributed by atoms with Crippen molar-refractivity contribution in [3.63, 3.8) is 0 Å². The number of nitrogens with zero attached hydrogens (tertiary/aromatic N) is 2. The molecule has 0 atom stereocenters. The fourth-order valence-electron chi connectivity index (χ4n) is 2.25. The average Bonchev–Trinajstić information content (AvgIpc) is 3.21. The first-order valence-corrected chi connectivity index (χ1v) is 9.15. The maximum atomic E-state index is 11.8. The molecule has 0 spiro atoms. The molecule has 0 aliphatic rings. The fraction of sp³-hybridized carbons (Fsp3) is 0.211. The summed E-state index contributed by atoms with van der Waals surface area (Å²) in [4.78, 5) is 12.5. The van der Waals surface area contributed by atoms with Crippen LogP contribution in [0, 0.1) is 0 Å². The molecule has 3 rings (SSSR count). The van der Waals surface area contributed by atoms with E-state index in [4.69, 9.17) is 9.47 Å². The summed E-state index contributed by atoms with van der Waals surface area (Å²) in [6.45, 7) is 3.32. The van der Waals surface area contributed by atoms with Crippen molar-refractivity contribution in [1.82, 2.24) is 15.5 Å². The molecule has 26 heavy (non-hydrogen) atoms. The molecule has 3 aromatic rings. The smallest absolute Gasteiger partial charge is 0.261 e. The lowest BCUT2D eigenvalue weighted by molar-refractivity contribution is 0.0950. The van der Waals surface area contributed by atoms with Crippen LogP contribution >= 0.6 is 11.3 Å². The van der Waals surface area contributed by atoms with E-state index in [-0.39, 0.29) is 5.91 Å². The molecule has 0 saturated carbocycles. The van der Waals surface area contributed by atoms with E-state index in [9.17, 15) is 4.79 Å². The topological polar surface area (TPSA) is 73.3 Å². The molecule has 1 N–H and O–H groups in total. The monoisotopic (exact) mass is 369 g/mol. The molecule has 134 valence electrons. The minimum atomic E-state index is -0.0967. The number of rotatable bonds is 8. The highest BCUT2D eigenvalue weighted by Crippen LogP contribution is 2.21. The van der Waals surface area contributed by atoms with Crippen LogP contribution in [0.3, 0.4) is 0 Å². The second kappa shape index (κ2) is 8.96. The SMILES string of the molecule is CCOc1ccc(-c2ccc(OCCNC(=O)c3cccs3)nn2)cc1. The molecule has 0 fully saturated rings. The van der Waals surface area contributed by atoms with E-state index in [0.29, 0.717) is 30.5 Å². The van der Waals surface area contributed by atoms with Crippen LogP contribution in [0.1, 0.15) is 16.6 Å². The zero-order valence-electron chi connectivity index (χ0n) is 14.3. The summed E-state index contributed by atoms with van der Waals surface area (Å²) in [6.07, 6.45) is 0. The van der Waals surface area contributed by atoms with Crippen molar-refractivity contribution in [2.24, 2.45) is 0 Å². The molecular weight excluding hydrogens is 350 g/mol. The van der Waals surface area contributed by atoms with Gasteiger partial charge >= 0.3 is 0 Å².